The normalized spacial score (nSPS) is 10.4. The van der Waals surface area contributed by atoms with Crippen LogP contribution < -0.4 is 10.1 Å². The Hall–Kier alpha value is -2.92. The van der Waals surface area contributed by atoms with Gasteiger partial charge in [-0.3, -0.25) is 4.98 Å². The molecule has 0 atom stereocenters. The molecule has 0 saturated carbocycles. The molecule has 4 nitrogen and oxygen atoms in total. The van der Waals surface area contributed by atoms with Crippen molar-refractivity contribution in [2.24, 2.45) is 0 Å². The van der Waals surface area contributed by atoms with Crippen LogP contribution in [0.25, 0.3) is 11.1 Å². The first kappa shape index (κ1) is 19.8. The fourth-order valence-electron chi connectivity index (χ4n) is 3.01. The number of nitrogens with zero attached hydrogens (tertiary/aromatic N) is 2. The lowest BCUT2D eigenvalue weighted by atomic mass is 10.0. The second-order valence-electron chi connectivity index (χ2n) is 6.36. The molecule has 144 valence electrons. The average Bonchev–Trinajstić information content (AvgIpc) is 2.75. The van der Waals surface area contributed by atoms with E-state index in [1.165, 1.54) is 0 Å². The maximum absolute atomic E-state index is 5.68. The molecule has 0 aliphatic carbocycles. The maximum Gasteiger partial charge on any atom is 0.173 e. The number of hydrogen-bond donors (Lipinski definition) is 1. The van der Waals surface area contributed by atoms with Crippen LogP contribution in [0.2, 0.25) is 0 Å². The highest BCUT2D eigenvalue weighted by Gasteiger charge is 2.12. The number of thiocarbonyl (C=S) groups is 1. The van der Waals surface area contributed by atoms with E-state index in [-0.39, 0.29) is 0 Å². The van der Waals surface area contributed by atoms with Gasteiger partial charge in [-0.05, 0) is 54.5 Å². The Morgan fingerprint density at radius 2 is 1.82 bits per heavy atom. The molecule has 0 spiro atoms. The number of hydrogen-bond acceptors (Lipinski definition) is 3. The van der Waals surface area contributed by atoms with Gasteiger partial charge >= 0.3 is 0 Å². The fraction of sp³-hybridized carbons (Fsp3) is 0.217. The summed E-state index contributed by atoms with van der Waals surface area (Å²) in [6.45, 7) is 3.73. The lowest BCUT2D eigenvalue weighted by Crippen LogP contribution is -2.36. The quantitative estimate of drug-likeness (QED) is 0.573. The third-order valence-corrected chi connectivity index (χ3v) is 4.94. The smallest absolute Gasteiger partial charge is 0.173 e. The van der Waals surface area contributed by atoms with Crippen molar-refractivity contribution in [3.8, 4) is 16.9 Å². The van der Waals surface area contributed by atoms with Crippen LogP contribution in [0.4, 0.5) is 5.69 Å². The monoisotopic (exact) mass is 391 g/mol. The molecule has 5 heteroatoms. The van der Waals surface area contributed by atoms with E-state index in [1.54, 1.807) is 7.11 Å². The van der Waals surface area contributed by atoms with Crippen LogP contribution in [-0.4, -0.2) is 35.2 Å². The van der Waals surface area contributed by atoms with Crippen molar-refractivity contribution in [3.05, 3.63) is 78.6 Å². The molecule has 0 aliphatic heterocycles. The molecule has 28 heavy (non-hydrogen) atoms. The number of nitrogens with one attached hydrogen (secondary N) is 1. The van der Waals surface area contributed by atoms with E-state index in [4.69, 9.17) is 17.0 Å². The van der Waals surface area contributed by atoms with E-state index in [0.29, 0.717) is 5.11 Å². The van der Waals surface area contributed by atoms with Gasteiger partial charge in [0.15, 0.2) is 5.11 Å². The molecule has 1 N–H and O–H groups in total. The van der Waals surface area contributed by atoms with E-state index in [9.17, 15) is 0 Å². The summed E-state index contributed by atoms with van der Waals surface area (Å²) in [7, 11) is 1.67. The highest BCUT2D eigenvalue weighted by Crippen LogP contribution is 2.30. The summed E-state index contributed by atoms with van der Waals surface area (Å²) >= 11 is 5.68. The minimum absolute atomic E-state index is 0.682. The van der Waals surface area contributed by atoms with Gasteiger partial charge in [-0.15, -0.1) is 0 Å². The fourth-order valence-corrected chi connectivity index (χ4v) is 3.34. The molecule has 0 amide bonds. The van der Waals surface area contributed by atoms with Crippen molar-refractivity contribution in [1.29, 1.82) is 0 Å². The molecule has 0 radical (unpaired) electrons. The third kappa shape index (κ3) is 5.08. The predicted molar refractivity (Wildman–Crippen MR) is 120 cm³/mol. The maximum atomic E-state index is 5.68. The van der Waals surface area contributed by atoms with Crippen molar-refractivity contribution < 1.29 is 4.74 Å². The van der Waals surface area contributed by atoms with Crippen molar-refractivity contribution in [2.45, 2.75) is 13.3 Å². The Labute approximate surface area is 172 Å². The van der Waals surface area contributed by atoms with E-state index < -0.39 is 0 Å². The van der Waals surface area contributed by atoms with Crippen molar-refractivity contribution in [2.75, 3.05) is 25.5 Å². The SMILES string of the molecule is CCN(CCc1ccccn1)C(=S)Nc1cc(-c2ccccc2)ccc1OC. The minimum Gasteiger partial charge on any atom is -0.495 e. The molecule has 0 unspecified atom stereocenters. The summed E-state index contributed by atoms with van der Waals surface area (Å²) in [6, 6.07) is 22.4. The summed E-state index contributed by atoms with van der Waals surface area (Å²) in [5.41, 5.74) is 4.20. The highest BCUT2D eigenvalue weighted by molar-refractivity contribution is 7.80. The number of benzene rings is 2. The van der Waals surface area contributed by atoms with Gasteiger partial charge in [0, 0.05) is 31.4 Å². The number of pyridine rings is 1. The highest BCUT2D eigenvalue weighted by atomic mass is 32.1. The molecular weight excluding hydrogens is 366 g/mol. The number of ether oxygens (including phenoxy) is 1. The molecule has 1 aromatic heterocycles. The third-order valence-electron chi connectivity index (χ3n) is 4.58. The molecule has 1 heterocycles. The van der Waals surface area contributed by atoms with Crippen molar-refractivity contribution >= 4 is 23.0 Å². The van der Waals surface area contributed by atoms with Crippen LogP contribution in [0.15, 0.2) is 72.9 Å². The zero-order chi connectivity index (χ0) is 19.8. The van der Waals surface area contributed by atoms with Crippen LogP contribution in [0.3, 0.4) is 0 Å². The molecule has 2 aromatic carbocycles. The zero-order valence-electron chi connectivity index (χ0n) is 16.3. The predicted octanol–water partition coefficient (Wildman–Crippen LogP) is 5.02. The number of anilines is 1. The lowest BCUT2D eigenvalue weighted by molar-refractivity contribution is 0.416. The lowest BCUT2D eigenvalue weighted by Gasteiger charge is -2.25. The molecule has 3 rings (SSSR count). The Morgan fingerprint density at radius 3 is 2.50 bits per heavy atom. The standard InChI is InChI=1S/C23H25N3OS/c1-3-26(16-14-20-11-7-8-15-24-20)23(28)25-21-17-19(12-13-22(21)27-2)18-9-5-4-6-10-18/h4-13,15,17H,3,14,16H2,1-2H3,(H,25,28). The number of aromatic nitrogens is 1. The van der Waals surface area contributed by atoms with Crippen LogP contribution >= 0.6 is 12.2 Å². The van der Waals surface area contributed by atoms with Crippen molar-refractivity contribution in [3.63, 3.8) is 0 Å². The minimum atomic E-state index is 0.682. The van der Waals surface area contributed by atoms with Crippen LogP contribution in [0.1, 0.15) is 12.6 Å². The van der Waals surface area contributed by atoms with Gasteiger partial charge in [0.05, 0.1) is 12.8 Å². The van der Waals surface area contributed by atoms with Crippen LogP contribution in [0.5, 0.6) is 5.75 Å². The molecular formula is C23H25N3OS. The molecule has 0 fully saturated rings. The summed E-state index contributed by atoms with van der Waals surface area (Å²) in [4.78, 5) is 6.53. The largest absolute Gasteiger partial charge is 0.495 e. The zero-order valence-corrected chi connectivity index (χ0v) is 17.1. The molecule has 0 bridgehead atoms. The van der Waals surface area contributed by atoms with Gasteiger partial charge in [0.25, 0.3) is 0 Å². The van der Waals surface area contributed by atoms with Crippen LogP contribution in [0, 0.1) is 0 Å². The average molecular weight is 392 g/mol. The first-order valence-corrected chi connectivity index (χ1v) is 9.81. The topological polar surface area (TPSA) is 37.4 Å². The molecule has 0 aliphatic rings. The Kier molecular flexibility index (Phi) is 6.98. The molecule has 0 saturated heterocycles. The number of methoxy groups -OCH3 is 1. The van der Waals surface area contributed by atoms with E-state index in [0.717, 1.165) is 47.8 Å². The van der Waals surface area contributed by atoms with E-state index in [1.807, 2.05) is 48.7 Å². The number of likely N-dealkylation sites (N-methyl/N-ethyl adjacent to an activating group) is 1. The number of rotatable bonds is 7. The second-order valence-corrected chi connectivity index (χ2v) is 6.75. The Morgan fingerprint density at radius 1 is 1.04 bits per heavy atom. The summed E-state index contributed by atoms with van der Waals surface area (Å²) in [6.07, 6.45) is 2.67. The summed E-state index contributed by atoms with van der Waals surface area (Å²) < 4.78 is 5.53. The Balaban J connectivity index is 1.74. The van der Waals surface area contributed by atoms with E-state index >= 15 is 0 Å². The second kappa shape index (κ2) is 9.85. The van der Waals surface area contributed by atoms with E-state index in [2.05, 4.69) is 46.4 Å². The summed E-state index contributed by atoms with van der Waals surface area (Å²) in [5.74, 6) is 0.766. The Bertz CT molecular complexity index is 900. The molecule has 3 aromatic rings. The van der Waals surface area contributed by atoms with Gasteiger partial charge in [0.2, 0.25) is 0 Å². The van der Waals surface area contributed by atoms with Gasteiger partial charge in [0.1, 0.15) is 5.75 Å². The van der Waals surface area contributed by atoms with Crippen LogP contribution in [-0.2, 0) is 6.42 Å². The van der Waals surface area contributed by atoms with Crippen molar-refractivity contribution in [1.82, 2.24) is 9.88 Å². The first-order valence-electron chi connectivity index (χ1n) is 9.40. The van der Waals surface area contributed by atoms with Gasteiger partial charge in [-0.25, -0.2) is 0 Å². The summed E-state index contributed by atoms with van der Waals surface area (Å²) in [5, 5.41) is 4.05. The first-order chi connectivity index (χ1) is 13.7. The van der Waals surface area contributed by atoms with Gasteiger partial charge < -0.3 is 15.0 Å². The van der Waals surface area contributed by atoms with Gasteiger partial charge in [-0.2, -0.15) is 0 Å². The van der Waals surface area contributed by atoms with Gasteiger partial charge in [-0.1, -0.05) is 42.5 Å².